The van der Waals surface area contributed by atoms with E-state index in [1.165, 1.54) is 0 Å². The maximum absolute atomic E-state index is 12.5. The summed E-state index contributed by atoms with van der Waals surface area (Å²) in [5, 5.41) is 4.01. The highest BCUT2D eigenvalue weighted by molar-refractivity contribution is 6.09. The number of fused-ring (bicyclic) bond motifs is 2. The maximum atomic E-state index is 12.5. The number of hydrogen-bond acceptors (Lipinski definition) is 6. The average molecular weight is 583 g/mol. The summed E-state index contributed by atoms with van der Waals surface area (Å²) in [4.78, 5) is 25.1. The van der Waals surface area contributed by atoms with Gasteiger partial charge in [-0.3, -0.25) is 9.59 Å². The molecule has 6 rings (SSSR count). The Morgan fingerprint density at radius 1 is 0.432 bits per heavy atom. The first kappa shape index (κ1) is 28.5. The van der Waals surface area contributed by atoms with Crippen LogP contribution >= 0.6 is 0 Å². The molecule has 0 radical (unpaired) electrons. The highest BCUT2D eigenvalue weighted by atomic mass is 16.5. The van der Waals surface area contributed by atoms with Crippen molar-refractivity contribution in [2.24, 2.45) is 0 Å². The molecule has 0 saturated heterocycles. The zero-order valence-electron chi connectivity index (χ0n) is 24.0. The van der Waals surface area contributed by atoms with Crippen LogP contribution in [-0.4, -0.2) is 25.2 Å². The number of hydrogen-bond donors (Lipinski definition) is 0. The van der Waals surface area contributed by atoms with Crippen LogP contribution in [0.3, 0.4) is 0 Å². The van der Waals surface area contributed by atoms with E-state index in [1.54, 1.807) is 24.3 Å². The van der Waals surface area contributed by atoms with E-state index >= 15 is 0 Å². The molecule has 0 bridgehead atoms. The zero-order chi connectivity index (χ0) is 30.1. The van der Waals surface area contributed by atoms with Gasteiger partial charge in [0.1, 0.15) is 23.0 Å². The predicted molar refractivity (Wildman–Crippen MR) is 171 cm³/mol. The van der Waals surface area contributed by atoms with E-state index in [0.29, 0.717) is 23.0 Å². The third kappa shape index (κ3) is 6.71. The third-order valence-corrected chi connectivity index (χ3v) is 7.11. The van der Waals surface area contributed by atoms with Crippen LogP contribution in [0.2, 0.25) is 0 Å². The Labute approximate surface area is 255 Å². The Bertz CT molecular complexity index is 1760. The normalized spacial score (nSPS) is 10.8. The lowest BCUT2D eigenvalue weighted by Gasteiger charge is -2.19. The van der Waals surface area contributed by atoms with Gasteiger partial charge in [-0.05, 0) is 57.9 Å². The average Bonchev–Trinajstić information content (AvgIpc) is 3.05. The molecule has 0 N–H and O–H groups in total. The van der Waals surface area contributed by atoms with Gasteiger partial charge in [-0.25, -0.2) is 0 Å². The van der Waals surface area contributed by atoms with Crippen LogP contribution in [0.25, 0.3) is 32.7 Å². The van der Waals surface area contributed by atoms with E-state index in [-0.39, 0.29) is 38.0 Å². The van der Waals surface area contributed by atoms with Gasteiger partial charge < -0.3 is 18.9 Å². The summed E-state index contributed by atoms with van der Waals surface area (Å²) in [5.41, 5.74) is 1.69. The van der Waals surface area contributed by atoms with E-state index in [4.69, 9.17) is 18.9 Å². The number of ether oxygens (including phenoxy) is 4. The second-order valence-corrected chi connectivity index (χ2v) is 10.1. The first-order valence-corrected chi connectivity index (χ1v) is 14.5. The van der Waals surface area contributed by atoms with Crippen LogP contribution in [-0.2, 0) is 9.59 Å². The van der Waals surface area contributed by atoms with Crippen molar-refractivity contribution in [3.63, 3.8) is 0 Å². The molecule has 0 unspecified atom stereocenters. The van der Waals surface area contributed by atoms with Crippen molar-refractivity contribution in [1.82, 2.24) is 0 Å². The van der Waals surface area contributed by atoms with Gasteiger partial charge in [0.15, 0.2) is 0 Å². The molecule has 44 heavy (non-hydrogen) atoms. The Kier molecular flexibility index (Phi) is 8.79. The van der Waals surface area contributed by atoms with E-state index in [1.807, 2.05) is 109 Å². The Hall–Kier alpha value is -5.62. The summed E-state index contributed by atoms with van der Waals surface area (Å²) in [7, 11) is 0. The minimum absolute atomic E-state index is 0.0730. The quantitative estimate of drug-likeness (QED) is 0.113. The summed E-state index contributed by atoms with van der Waals surface area (Å²) < 4.78 is 23.5. The number of benzene rings is 6. The highest BCUT2D eigenvalue weighted by Crippen LogP contribution is 2.45. The summed E-state index contributed by atoms with van der Waals surface area (Å²) in [6.45, 7) is 0.257. The maximum Gasteiger partial charge on any atom is 0.314 e. The molecule has 218 valence electrons. The van der Waals surface area contributed by atoms with Crippen molar-refractivity contribution < 1.29 is 28.5 Å². The van der Waals surface area contributed by atoms with Crippen molar-refractivity contribution >= 4 is 33.5 Å². The molecule has 0 aliphatic carbocycles. The topological polar surface area (TPSA) is 71.1 Å². The van der Waals surface area contributed by atoms with Crippen LogP contribution in [0.15, 0.2) is 133 Å². The molecule has 6 nitrogen and oxygen atoms in total. The number of esters is 2. The molecule has 6 aromatic rings. The fraction of sp³-hybridized carbons (Fsp3) is 0.105. The number of rotatable bonds is 11. The van der Waals surface area contributed by atoms with Gasteiger partial charge in [0.25, 0.3) is 0 Å². The van der Waals surface area contributed by atoms with E-state index in [9.17, 15) is 9.59 Å². The summed E-state index contributed by atoms with van der Waals surface area (Å²) in [5.74, 6) is 1.45. The van der Waals surface area contributed by atoms with Gasteiger partial charge in [-0.15, -0.1) is 0 Å². The Balaban J connectivity index is 1.30. The molecule has 0 fully saturated rings. The van der Waals surface area contributed by atoms with Gasteiger partial charge in [0.2, 0.25) is 0 Å². The summed E-state index contributed by atoms with van der Waals surface area (Å²) in [6, 6.07) is 41.9. The number of para-hydroxylation sites is 2. The monoisotopic (exact) mass is 582 g/mol. The number of carbonyl (C=O) groups is 2. The van der Waals surface area contributed by atoms with Gasteiger partial charge in [-0.1, -0.05) is 97.1 Å². The summed E-state index contributed by atoms with van der Waals surface area (Å²) >= 11 is 0. The first-order chi connectivity index (χ1) is 21.7. The van der Waals surface area contributed by atoms with Crippen molar-refractivity contribution in [1.29, 1.82) is 0 Å². The van der Waals surface area contributed by atoms with E-state index in [0.717, 1.165) is 32.7 Å². The van der Waals surface area contributed by atoms with Gasteiger partial charge in [0.05, 0.1) is 26.1 Å². The predicted octanol–water partition coefficient (Wildman–Crippen LogP) is 8.41. The largest absolute Gasteiger partial charge is 0.492 e. The summed E-state index contributed by atoms with van der Waals surface area (Å²) in [6.07, 6.45) is 0.146. The molecule has 0 aliphatic rings. The van der Waals surface area contributed by atoms with Crippen molar-refractivity contribution in [3.05, 3.63) is 133 Å². The van der Waals surface area contributed by atoms with Crippen LogP contribution < -0.4 is 18.9 Å². The molecular formula is C38H30O6. The van der Waals surface area contributed by atoms with Crippen molar-refractivity contribution in [3.8, 4) is 34.1 Å². The second kappa shape index (κ2) is 13.6. The van der Waals surface area contributed by atoms with Crippen LogP contribution in [0.4, 0.5) is 0 Å². The van der Waals surface area contributed by atoms with Crippen molar-refractivity contribution in [2.75, 3.05) is 13.2 Å². The molecular weight excluding hydrogens is 552 g/mol. The Morgan fingerprint density at radius 2 is 0.818 bits per heavy atom. The lowest BCUT2D eigenvalue weighted by molar-refractivity contribution is -0.135. The smallest absolute Gasteiger partial charge is 0.314 e. The molecule has 0 amide bonds. The fourth-order valence-electron chi connectivity index (χ4n) is 5.09. The second-order valence-electron chi connectivity index (χ2n) is 10.1. The van der Waals surface area contributed by atoms with Gasteiger partial charge in [-0.2, -0.15) is 0 Å². The van der Waals surface area contributed by atoms with Crippen molar-refractivity contribution in [2.45, 2.75) is 12.8 Å². The lowest BCUT2D eigenvalue weighted by Crippen LogP contribution is -2.13. The van der Waals surface area contributed by atoms with Gasteiger partial charge >= 0.3 is 11.9 Å². The molecule has 0 aromatic heterocycles. The van der Waals surface area contributed by atoms with Crippen LogP contribution in [0, 0.1) is 0 Å². The molecule has 6 heteroatoms. The molecule has 0 atom stereocenters. The SMILES string of the molecule is O=C(CCOc1ccc2ccccc2c1-c1c(OCCC(=O)Oc2ccccc2)ccc2ccccc12)Oc1ccccc1. The minimum Gasteiger partial charge on any atom is -0.492 e. The number of carbonyl (C=O) groups excluding carboxylic acids is 2. The fourth-order valence-corrected chi connectivity index (χ4v) is 5.09. The van der Waals surface area contributed by atoms with Crippen LogP contribution in [0.5, 0.6) is 23.0 Å². The Morgan fingerprint density at radius 3 is 1.25 bits per heavy atom. The minimum atomic E-state index is -0.380. The third-order valence-electron chi connectivity index (χ3n) is 7.11. The van der Waals surface area contributed by atoms with Gasteiger partial charge in [0, 0.05) is 11.1 Å². The molecule has 0 saturated carbocycles. The highest BCUT2D eigenvalue weighted by Gasteiger charge is 2.20. The van der Waals surface area contributed by atoms with E-state index < -0.39 is 0 Å². The lowest BCUT2D eigenvalue weighted by atomic mass is 9.92. The first-order valence-electron chi connectivity index (χ1n) is 14.5. The molecule has 0 spiro atoms. The molecule has 0 aliphatic heterocycles. The van der Waals surface area contributed by atoms with Crippen LogP contribution in [0.1, 0.15) is 12.8 Å². The zero-order valence-corrected chi connectivity index (χ0v) is 24.0. The molecule has 6 aromatic carbocycles. The molecule has 0 heterocycles. The standard InChI is InChI=1S/C38H30O6/c39-35(43-29-13-3-1-4-14-29)23-25-41-33-21-19-27-11-7-9-17-31(27)37(33)38-32-18-10-8-12-28(32)20-22-34(38)42-26-24-36(40)44-30-15-5-2-6-16-30/h1-22H,23-26H2. The van der Waals surface area contributed by atoms with E-state index in [2.05, 4.69) is 0 Å².